The van der Waals surface area contributed by atoms with Crippen LogP contribution in [0.4, 0.5) is 0 Å². The van der Waals surface area contributed by atoms with E-state index in [9.17, 15) is 14.7 Å². The summed E-state index contributed by atoms with van der Waals surface area (Å²) in [7, 11) is 0. The molecule has 0 spiro atoms. The van der Waals surface area contributed by atoms with Crippen molar-refractivity contribution in [1.82, 2.24) is 5.32 Å². The zero-order valence-electron chi connectivity index (χ0n) is 13.2. The summed E-state index contributed by atoms with van der Waals surface area (Å²) < 4.78 is 0. The zero-order chi connectivity index (χ0) is 16.3. The van der Waals surface area contributed by atoms with Crippen molar-refractivity contribution in [3.8, 4) is 0 Å². The van der Waals surface area contributed by atoms with Crippen LogP contribution in [-0.2, 0) is 9.59 Å². The summed E-state index contributed by atoms with van der Waals surface area (Å²) in [4.78, 5) is 23.3. The molecule has 1 aromatic rings. The Morgan fingerprint density at radius 1 is 1.10 bits per heavy atom. The maximum atomic E-state index is 12.0. The highest BCUT2D eigenvalue weighted by atomic mass is 16.4. The Kier molecular flexibility index (Phi) is 4.94. The summed E-state index contributed by atoms with van der Waals surface area (Å²) in [5.74, 6) is -1.26. The van der Waals surface area contributed by atoms with Crippen molar-refractivity contribution < 1.29 is 14.7 Å². The average Bonchev–Trinajstić information content (AvgIpc) is 2.37. The number of aliphatic carboxylic acids is 1. The van der Waals surface area contributed by atoms with Crippen LogP contribution in [0, 0.1) is 12.3 Å². The molecule has 0 aliphatic carbocycles. The molecule has 0 fully saturated rings. The van der Waals surface area contributed by atoms with Crippen LogP contribution >= 0.6 is 0 Å². The summed E-state index contributed by atoms with van der Waals surface area (Å²) in [5, 5.41) is 12.0. The van der Waals surface area contributed by atoms with Crippen LogP contribution in [0.3, 0.4) is 0 Å². The van der Waals surface area contributed by atoms with Crippen molar-refractivity contribution in [3.05, 3.63) is 41.5 Å². The molecular weight excluding hydrogens is 266 g/mol. The quantitative estimate of drug-likeness (QED) is 0.819. The van der Waals surface area contributed by atoms with Crippen molar-refractivity contribution in [3.63, 3.8) is 0 Å². The smallest absolute Gasteiger partial charge is 0.311 e. The Balaban J connectivity index is 2.77. The number of hydrogen-bond acceptors (Lipinski definition) is 2. The van der Waals surface area contributed by atoms with E-state index in [1.807, 2.05) is 31.2 Å². The molecule has 1 amide bonds. The number of nitrogens with one attached hydrogen (secondary N) is 1. The Morgan fingerprint density at radius 3 is 2.10 bits per heavy atom. The highest BCUT2D eigenvalue weighted by Gasteiger charge is 2.44. The summed E-state index contributed by atoms with van der Waals surface area (Å²) in [5.41, 5.74) is 0.139. The minimum Gasteiger partial charge on any atom is -0.481 e. The molecule has 1 rings (SSSR count). The molecule has 0 heterocycles. The van der Waals surface area contributed by atoms with E-state index >= 15 is 0 Å². The Bertz CT molecular complexity index is 554. The maximum absolute atomic E-state index is 12.0. The third-order valence-electron chi connectivity index (χ3n) is 4.04. The number of benzene rings is 1. The van der Waals surface area contributed by atoms with E-state index in [1.54, 1.807) is 33.8 Å². The van der Waals surface area contributed by atoms with E-state index in [0.29, 0.717) is 0 Å². The lowest BCUT2D eigenvalue weighted by Crippen LogP contribution is -2.56. The number of carboxylic acid groups (broad SMARTS) is 1. The predicted octanol–water partition coefficient (Wildman–Crippen LogP) is 3.01. The number of carbonyl (C=O) groups excluding carboxylic acids is 1. The number of carbonyl (C=O) groups is 2. The van der Waals surface area contributed by atoms with Gasteiger partial charge in [0.1, 0.15) is 0 Å². The standard InChI is InChI=1S/C17H23NO3/c1-12-6-8-13(9-7-12)10-11-14(19)18-17(4,5)16(2,3)15(20)21/h6-11H,1-5H3,(H,18,19)(H,20,21). The molecule has 0 aliphatic heterocycles. The van der Waals surface area contributed by atoms with E-state index in [0.717, 1.165) is 11.1 Å². The normalized spacial score (nSPS) is 12.4. The van der Waals surface area contributed by atoms with Crippen LogP contribution in [0.2, 0.25) is 0 Å². The predicted molar refractivity (Wildman–Crippen MR) is 83.9 cm³/mol. The molecule has 2 N–H and O–H groups in total. The van der Waals surface area contributed by atoms with Crippen LogP contribution in [0.5, 0.6) is 0 Å². The molecule has 0 unspecified atom stereocenters. The lowest BCUT2D eigenvalue weighted by molar-refractivity contribution is -0.151. The van der Waals surface area contributed by atoms with Gasteiger partial charge in [-0.2, -0.15) is 0 Å². The fraction of sp³-hybridized carbons (Fsp3) is 0.412. The second-order valence-electron chi connectivity index (χ2n) is 6.29. The first-order valence-corrected chi connectivity index (χ1v) is 6.86. The molecule has 4 heteroatoms. The van der Waals surface area contributed by atoms with Crippen LogP contribution < -0.4 is 5.32 Å². The van der Waals surface area contributed by atoms with Gasteiger partial charge in [-0.05, 0) is 46.3 Å². The van der Waals surface area contributed by atoms with Gasteiger partial charge >= 0.3 is 5.97 Å². The van der Waals surface area contributed by atoms with Gasteiger partial charge in [-0.1, -0.05) is 29.8 Å². The molecule has 0 radical (unpaired) electrons. The van der Waals surface area contributed by atoms with Gasteiger partial charge in [0.05, 0.1) is 11.0 Å². The summed E-state index contributed by atoms with van der Waals surface area (Å²) >= 11 is 0. The van der Waals surface area contributed by atoms with Gasteiger partial charge in [-0.25, -0.2) is 0 Å². The van der Waals surface area contributed by atoms with E-state index in [-0.39, 0.29) is 5.91 Å². The number of rotatable bonds is 5. The molecule has 21 heavy (non-hydrogen) atoms. The van der Waals surface area contributed by atoms with E-state index < -0.39 is 16.9 Å². The van der Waals surface area contributed by atoms with Gasteiger partial charge in [0.2, 0.25) is 5.91 Å². The highest BCUT2D eigenvalue weighted by molar-refractivity contribution is 5.92. The van der Waals surface area contributed by atoms with Crippen molar-refractivity contribution in [2.75, 3.05) is 0 Å². The number of carboxylic acids is 1. The molecule has 0 saturated carbocycles. The Hall–Kier alpha value is -2.10. The molecule has 0 atom stereocenters. The Morgan fingerprint density at radius 2 is 1.62 bits per heavy atom. The van der Waals surface area contributed by atoms with Gasteiger partial charge in [0.25, 0.3) is 0 Å². The van der Waals surface area contributed by atoms with E-state index in [2.05, 4.69) is 5.32 Å². The van der Waals surface area contributed by atoms with Gasteiger partial charge in [0, 0.05) is 6.08 Å². The summed E-state index contributed by atoms with van der Waals surface area (Å²) in [6.45, 7) is 8.60. The van der Waals surface area contributed by atoms with Gasteiger partial charge < -0.3 is 10.4 Å². The summed E-state index contributed by atoms with van der Waals surface area (Å²) in [6, 6.07) is 7.78. The second-order valence-corrected chi connectivity index (χ2v) is 6.29. The van der Waals surface area contributed by atoms with Gasteiger partial charge in [0.15, 0.2) is 0 Å². The molecule has 0 saturated heterocycles. The van der Waals surface area contributed by atoms with E-state index in [4.69, 9.17) is 0 Å². The maximum Gasteiger partial charge on any atom is 0.311 e. The molecular formula is C17H23NO3. The lowest BCUT2D eigenvalue weighted by atomic mass is 9.74. The monoisotopic (exact) mass is 289 g/mol. The third kappa shape index (κ3) is 4.18. The van der Waals surface area contributed by atoms with Crippen LogP contribution in [0.15, 0.2) is 30.3 Å². The minimum atomic E-state index is -1.07. The molecule has 0 bridgehead atoms. The van der Waals surface area contributed by atoms with Crippen molar-refractivity contribution in [2.24, 2.45) is 5.41 Å². The van der Waals surface area contributed by atoms with Crippen LogP contribution in [0.25, 0.3) is 6.08 Å². The topological polar surface area (TPSA) is 66.4 Å². The fourth-order valence-electron chi connectivity index (χ4n) is 1.62. The van der Waals surface area contributed by atoms with E-state index in [1.165, 1.54) is 6.08 Å². The van der Waals surface area contributed by atoms with Crippen LogP contribution in [0.1, 0.15) is 38.8 Å². The minimum absolute atomic E-state index is 0.310. The molecule has 4 nitrogen and oxygen atoms in total. The Labute approximate surface area is 125 Å². The SMILES string of the molecule is Cc1ccc(C=CC(=O)NC(C)(C)C(C)(C)C(=O)O)cc1. The van der Waals surface area contributed by atoms with Crippen LogP contribution in [-0.4, -0.2) is 22.5 Å². The first-order chi connectivity index (χ1) is 9.56. The third-order valence-corrected chi connectivity index (χ3v) is 4.04. The molecule has 0 aliphatic rings. The van der Waals surface area contributed by atoms with Crippen molar-refractivity contribution in [2.45, 2.75) is 40.2 Å². The second kappa shape index (κ2) is 6.12. The number of hydrogen-bond donors (Lipinski definition) is 2. The lowest BCUT2D eigenvalue weighted by Gasteiger charge is -2.38. The van der Waals surface area contributed by atoms with Gasteiger partial charge in [-0.15, -0.1) is 0 Å². The molecule has 1 aromatic carbocycles. The largest absolute Gasteiger partial charge is 0.481 e. The first kappa shape index (κ1) is 17.0. The highest BCUT2D eigenvalue weighted by Crippen LogP contribution is 2.30. The van der Waals surface area contributed by atoms with Crippen molar-refractivity contribution >= 4 is 18.0 Å². The number of aryl methyl sites for hydroxylation is 1. The first-order valence-electron chi connectivity index (χ1n) is 6.86. The summed E-state index contributed by atoms with van der Waals surface area (Å²) in [6.07, 6.45) is 3.13. The van der Waals surface area contributed by atoms with Gasteiger partial charge in [-0.3, -0.25) is 9.59 Å². The zero-order valence-corrected chi connectivity index (χ0v) is 13.2. The molecule has 114 valence electrons. The molecule has 0 aromatic heterocycles. The number of amides is 1. The van der Waals surface area contributed by atoms with Crippen molar-refractivity contribution in [1.29, 1.82) is 0 Å². The fourth-order valence-corrected chi connectivity index (χ4v) is 1.62. The average molecular weight is 289 g/mol.